The van der Waals surface area contributed by atoms with Crippen molar-refractivity contribution in [1.82, 2.24) is 9.97 Å². The number of hydrogen-bond donors (Lipinski definition) is 2. The number of halogens is 3. The molecule has 0 saturated heterocycles. The van der Waals surface area contributed by atoms with E-state index < -0.39 is 17.3 Å². The number of nitrogens with one attached hydrogen (secondary N) is 2. The summed E-state index contributed by atoms with van der Waals surface area (Å²) in [5.41, 5.74) is 2.99. The van der Waals surface area contributed by atoms with E-state index >= 15 is 0 Å². The molecule has 0 aliphatic carbocycles. The summed E-state index contributed by atoms with van der Waals surface area (Å²) in [6.07, 6.45) is -2.98. The second-order valence-corrected chi connectivity index (χ2v) is 8.11. The summed E-state index contributed by atoms with van der Waals surface area (Å²) in [5.74, 6) is 0.773. The summed E-state index contributed by atoms with van der Waals surface area (Å²) in [6.45, 7) is 2.04. The van der Waals surface area contributed by atoms with Crippen molar-refractivity contribution >= 4 is 12.2 Å². The lowest BCUT2D eigenvalue weighted by atomic mass is 10.1. The number of aromatic nitrogens is 2. The molecule has 0 amide bonds. The van der Waals surface area contributed by atoms with Gasteiger partial charge in [-0.15, -0.1) is 0 Å². The van der Waals surface area contributed by atoms with Gasteiger partial charge in [0.1, 0.15) is 18.2 Å². The maximum atomic E-state index is 13.0. The lowest BCUT2D eigenvalue weighted by Crippen LogP contribution is -2.16. The van der Waals surface area contributed by atoms with Gasteiger partial charge in [0.2, 0.25) is 5.95 Å². The van der Waals surface area contributed by atoms with Gasteiger partial charge < -0.3 is 9.47 Å². The van der Waals surface area contributed by atoms with Crippen LogP contribution in [-0.4, -0.2) is 22.8 Å². The highest BCUT2D eigenvalue weighted by molar-refractivity contribution is 5.81. The Hall–Kier alpha value is -5.11. The first-order chi connectivity index (χ1) is 18.8. The fourth-order valence-electron chi connectivity index (χ4n) is 3.59. The summed E-state index contributed by atoms with van der Waals surface area (Å²) in [4.78, 5) is 19.2. The molecule has 0 unspecified atom stereocenters. The number of nitriles is 1. The van der Waals surface area contributed by atoms with Crippen molar-refractivity contribution in [3.05, 3.63) is 105 Å². The highest BCUT2D eigenvalue weighted by Crippen LogP contribution is 2.31. The third-order valence-corrected chi connectivity index (χ3v) is 5.38. The Morgan fingerprint density at radius 2 is 1.85 bits per heavy atom. The maximum absolute atomic E-state index is 13.0. The van der Waals surface area contributed by atoms with E-state index in [9.17, 15) is 23.2 Å². The SMILES string of the molecule is CCOc1cc(C=NNc2nc(-c3ccccc3)c(C#N)c(=O)[nH]2)ccc1OCc1cccc(C(F)(F)F)c1. The molecule has 0 saturated carbocycles. The van der Waals surface area contributed by atoms with Gasteiger partial charge in [-0.3, -0.25) is 9.78 Å². The smallest absolute Gasteiger partial charge is 0.416 e. The normalized spacial score (nSPS) is 11.3. The van der Waals surface area contributed by atoms with Crippen LogP contribution in [0.5, 0.6) is 11.5 Å². The molecule has 0 fully saturated rings. The van der Waals surface area contributed by atoms with Gasteiger partial charge in [-0.25, -0.2) is 10.4 Å². The van der Waals surface area contributed by atoms with Crippen LogP contribution in [0.15, 0.2) is 82.7 Å². The summed E-state index contributed by atoms with van der Waals surface area (Å²) >= 11 is 0. The molecule has 0 aliphatic heterocycles. The molecule has 0 atom stereocenters. The van der Waals surface area contributed by atoms with Crippen LogP contribution < -0.4 is 20.5 Å². The van der Waals surface area contributed by atoms with Gasteiger partial charge in [-0.2, -0.15) is 23.5 Å². The summed E-state index contributed by atoms with van der Waals surface area (Å²) in [6, 6.07) is 20.6. The molecule has 4 rings (SSSR count). The van der Waals surface area contributed by atoms with Crippen molar-refractivity contribution in [1.29, 1.82) is 5.26 Å². The van der Waals surface area contributed by atoms with E-state index in [-0.39, 0.29) is 23.8 Å². The van der Waals surface area contributed by atoms with Crippen LogP contribution in [0.2, 0.25) is 0 Å². The minimum absolute atomic E-state index is 0.0418. The molecule has 4 aromatic rings. The molecule has 0 aliphatic rings. The standard InChI is InChI=1S/C28H22F3N5O3/c1-2-38-24-14-18(11-12-23(24)39-17-19-7-6-10-21(13-19)28(29,30)31)16-33-36-27-34-25(20-8-4-3-5-9-20)22(15-32)26(37)35-27/h3-14,16H,2,17H2,1H3,(H2,34,35,36,37). The third kappa shape index (κ3) is 6.81. The van der Waals surface area contributed by atoms with Crippen molar-refractivity contribution in [2.24, 2.45) is 5.10 Å². The topological polar surface area (TPSA) is 112 Å². The number of ether oxygens (including phenoxy) is 2. The van der Waals surface area contributed by atoms with Crippen LogP contribution >= 0.6 is 0 Å². The van der Waals surface area contributed by atoms with Crippen molar-refractivity contribution in [2.45, 2.75) is 19.7 Å². The number of anilines is 1. The zero-order valence-electron chi connectivity index (χ0n) is 20.6. The Balaban J connectivity index is 1.49. The zero-order valence-corrected chi connectivity index (χ0v) is 20.6. The van der Waals surface area contributed by atoms with Gasteiger partial charge in [-0.05, 0) is 48.4 Å². The first-order valence-electron chi connectivity index (χ1n) is 11.7. The molecule has 11 heteroatoms. The van der Waals surface area contributed by atoms with E-state index in [1.807, 2.05) is 12.1 Å². The van der Waals surface area contributed by atoms with E-state index in [0.717, 1.165) is 12.1 Å². The molecular weight excluding hydrogens is 511 g/mol. The molecule has 0 radical (unpaired) electrons. The highest BCUT2D eigenvalue weighted by atomic mass is 19.4. The predicted molar refractivity (Wildman–Crippen MR) is 140 cm³/mol. The minimum atomic E-state index is -4.44. The van der Waals surface area contributed by atoms with Gasteiger partial charge in [0.25, 0.3) is 5.56 Å². The fourth-order valence-corrected chi connectivity index (χ4v) is 3.59. The van der Waals surface area contributed by atoms with Crippen molar-refractivity contribution in [3.63, 3.8) is 0 Å². The Kier molecular flexibility index (Phi) is 8.26. The van der Waals surface area contributed by atoms with Gasteiger partial charge >= 0.3 is 6.18 Å². The van der Waals surface area contributed by atoms with Crippen LogP contribution in [0.3, 0.4) is 0 Å². The highest BCUT2D eigenvalue weighted by Gasteiger charge is 2.30. The maximum Gasteiger partial charge on any atom is 0.416 e. The monoisotopic (exact) mass is 533 g/mol. The molecule has 198 valence electrons. The number of rotatable bonds is 9. The van der Waals surface area contributed by atoms with Gasteiger partial charge in [0.15, 0.2) is 11.5 Å². The second-order valence-electron chi connectivity index (χ2n) is 8.11. The number of benzene rings is 3. The van der Waals surface area contributed by atoms with E-state index in [0.29, 0.717) is 34.8 Å². The second kappa shape index (κ2) is 12.0. The first-order valence-corrected chi connectivity index (χ1v) is 11.7. The summed E-state index contributed by atoms with van der Waals surface area (Å²) in [5, 5.41) is 13.5. The molecule has 0 bridgehead atoms. The Morgan fingerprint density at radius 1 is 1.05 bits per heavy atom. The number of aromatic amines is 1. The van der Waals surface area contributed by atoms with Crippen LogP contribution in [0.25, 0.3) is 11.3 Å². The number of alkyl halides is 3. The first kappa shape index (κ1) is 26.9. The Bertz CT molecular complexity index is 1580. The van der Waals surface area contributed by atoms with Crippen LogP contribution in [-0.2, 0) is 12.8 Å². The quantitative estimate of drug-likeness (QED) is 0.209. The lowest BCUT2D eigenvalue weighted by molar-refractivity contribution is -0.137. The van der Waals surface area contributed by atoms with Gasteiger partial charge in [0.05, 0.1) is 24.1 Å². The van der Waals surface area contributed by atoms with Crippen molar-refractivity contribution in [2.75, 3.05) is 12.0 Å². The minimum Gasteiger partial charge on any atom is -0.490 e. The molecule has 1 aromatic heterocycles. The van der Waals surface area contributed by atoms with Gasteiger partial charge in [0, 0.05) is 5.56 Å². The largest absolute Gasteiger partial charge is 0.490 e. The molecule has 0 spiro atoms. The number of hydrazone groups is 1. The number of H-pyrrole nitrogens is 1. The van der Waals surface area contributed by atoms with E-state index in [1.165, 1.54) is 12.3 Å². The van der Waals surface area contributed by atoms with E-state index in [2.05, 4.69) is 20.5 Å². The predicted octanol–water partition coefficient (Wildman–Crippen LogP) is 5.75. The molecule has 1 heterocycles. The van der Waals surface area contributed by atoms with Crippen LogP contribution in [0.4, 0.5) is 19.1 Å². The molecule has 3 aromatic carbocycles. The van der Waals surface area contributed by atoms with E-state index in [4.69, 9.17) is 9.47 Å². The number of nitrogens with zero attached hydrogens (tertiary/aromatic N) is 3. The average molecular weight is 534 g/mol. The van der Waals surface area contributed by atoms with Crippen molar-refractivity contribution < 1.29 is 22.6 Å². The zero-order chi connectivity index (χ0) is 27.8. The Labute approximate surface area is 221 Å². The van der Waals surface area contributed by atoms with Crippen LogP contribution in [0, 0.1) is 11.3 Å². The third-order valence-electron chi connectivity index (χ3n) is 5.38. The average Bonchev–Trinajstić information content (AvgIpc) is 2.93. The van der Waals surface area contributed by atoms with Gasteiger partial charge in [-0.1, -0.05) is 42.5 Å². The Morgan fingerprint density at radius 3 is 2.56 bits per heavy atom. The summed E-state index contributed by atoms with van der Waals surface area (Å²) < 4.78 is 50.3. The molecule has 39 heavy (non-hydrogen) atoms. The van der Waals surface area contributed by atoms with Crippen molar-refractivity contribution in [3.8, 4) is 28.8 Å². The summed E-state index contributed by atoms with van der Waals surface area (Å²) in [7, 11) is 0. The number of hydrogen-bond acceptors (Lipinski definition) is 7. The lowest BCUT2D eigenvalue weighted by Gasteiger charge is -2.13. The molecular formula is C28H22F3N5O3. The molecule has 2 N–H and O–H groups in total. The van der Waals surface area contributed by atoms with E-state index in [1.54, 1.807) is 55.5 Å². The molecule has 8 nitrogen and oxygen atoms in total. The fraction of sp³-hybridized carbons (Fsp3) is 0.143. The van der Waals surface area contributed by atoms with Crippen LogP contribution in [0.1, 0.15) is 29.2 Å².